The van der Waals surface area contributed by atoms with E-state index in [0.29, 0.717) is 17.6 Å². The molecule has 23 heavy (non-hydrogen) atoms. The molecule has 3 rings (SSSR count). The summed E-state index contributed by atoms with van der Waals surface area (Å²) < 4.78 is 1.58. The van der Waals surface area contributed by atoms with Crippen molar-refractivity contribution in [2.45, 2.75) is 13.5 Å². The second kappa shape index (κ2) is 6.18. The fourth-order valence-electron chi connectivity index (χ4n) is 2.36. The van der Waals surface area contributed by atoms with Crippen molar-refractivity contribution in [2.24, 2.45) is 0 Å². The van der Waals surface area contributed by atoms with E-state index in [9.17, 15) is 14.7 Å². The van der Waals surface area contributed by atoms with Gasteiger partial charge < -0.3 is 14.5 Å². The van der Waals surface area contributed by atoms with Gasteiger partial charge in [-0.15, -0.1) is 0 Å². The van der Waals surface area contributed by atoms with Gasteiger partial charge in [0.15, 0.2) is 0 Å². The van der Waals surface area contributed by atoms with Gasteiger partial charge in [-0.1, -0.05) is 12.1 Å². The van der Waals surface area contributed by atoms with Crippen molar-refractivity contribution in [1.29, 1.82) is 0 Å². The van der Waals surface area contributed by atoms with Crippen LogP contribution in [0.15, 0.2) is 39.8 Å². The van der Waals surface area contributed by atoms with E-state index in [0.717, 1.165) is 5.56 Å². The van der Waals surface area contributed by atoms with Crippen LogP contribution in [0.4, 0.5) is 0 Å². The van der Waals surface area contributed by atoms with Crippen LogP contribution in [0.25, 0.3) is 23.2 Å². The number of benzene rings is 1. The van der Waals surface area contributed by atoms with E-state index < -0.39 is 5.97 Å². The highest BCUT2D eigenvalue weighted by Gasteiger charge is 2.09. The largest absolute Gasteiger partial charge is 0.545 e. The molecule has 0 atom stereocenters. The summed E-state index contributed by atoms with van der Waals surface area (Å²) in [5.74, 6) is -1.27. The number of fused-ring (bicyclic) bond motifs is 1. The fourth-order valence-corrected chi connectivity index (χ4v) is 2.99. The summed E-state index contributed by atoms with van der Waals surface area (Å²) in [6, 6.07) is 6.38. The quantitative estimate of drug-likeness (QED) is 0.735. The van der Waals surface area contributed by atoms with Crippen LogP contribution in [0.3, 0.4) is 0 Å². The van der Waals surface area contributed by atoms with Gasteiger partial charge >= 0.3 is 0 Å². The van der Waals surface area contributed by atoms with E-state index in [-0.39, 0.29) is 16.8 Å². The van der Waals surface area contributed by atoms with Crippen molar-refractivity contribution in [1.82, 2.24) is 9.55 Å². The Morgan fingerprint density at radius 1 is 1.35 bits per heavy atom. The van der Waals surface area contributed by atoms with Crippen LogP contribution in [0.1, 0.15) is 28.5 Å². The number of carbonyl (C=O) groups excluding carboxylic acids is 1. The summed E-state index contributed by atoms with van der Waals surface area (Å²) in [6.45, 7) is 2.34. The lowest BCUT2D eigenvalue weighted by Gasteiger charge is -2.10. The Morgan fingerprint density at radius 2 is 2.17 bits per heavy atom. The Labute approximate surface area is 136 Å². The molecule has 0 aliphatic rings. The van der Waals surface area contributed by atoms with Crippen LogP contribution in [0.2, 0.25) is 0 Å². The van der Waals surface area contributed by atoms with Crippen molar-refractivity contribution < 1.29 is 9.90 Å². The minimum atomic E-state index is -1.27. The Hall–Kier alpha value is -2.73. The SMILES string of the molecule is CCn1c(=O)c(/C=C/c2ccsc2)nc2cc(C(=O)[O-])ccc21. The number of aromatic nitrogens is 2. The molecule has 3 aromatic rings. The van der Waals surface area contributed by atoms with Gasteiger partial charge in [-0.2, -0.15) is 11.3 Å². The summed E-state index contributed by atoms with van der Waals surface area (Å²) in [6.07, 6.45) is 3.47. The molecule has 0 spiro atoms. The number of nitrogens with zero attached hydrogens (tertiary/aromatic N) is 2. The molecule has 0 saturated carbocycles. The summed E-state index contributed by atoms with van der Waals surface area (Å²) in [4.78, 5) is 27.8. The van der Waals surface area contributed by atoms with Crippen LogP contribution in [0.5, 0.6) is 0 Å². The van der Waals surface area contributed by atoms with Gasteiger partial charge in [0.1, 0.15) is 5.69 Å². The van der Waals surface area contributed by atoms with Crippen molar-refractivity contribution in [3.05, 3.63) is 62.2 Å². The third-order valence-corrected chi connectivity index (χ3v) is 4.20. The molecule has 2 aromatic heterocycles. The number of carbonyl (C=O) groups is 1. The highest BCUT2D eigenvalue weighted by atomic mass is 32.1. The second-order valence-electron chi connectivity index (χ2n) is 4.93. The van der Waals surface area contributed by atoms with E-state index in [4.69, 9.17) is 0 Å². The molecule has 0 N–H and O–H groups in total. The van der Waals surface area contributed by atoms with E-state index in [1.165, 1.54) is 12.1 Å². The maximum absolute atomic E-state index is 12.5. The highest BCUT2D eigenvalue weighted by Crippen LogP contribution is 2.15. The number of rotatable bonds is 4. The minimum absolute atomic E-state index is 0.0408. The van der Waals surface area contributed by atoms with Crippen molar-refractivity contribution in [2.75, 3.05) is 0 Å². The Bertz CT molecular complexity index is 956. The molecule has 0 radical (unpaired) electrons. The number of aromatic carboxylic acids is 1. The maximum Gasteiger partial charge on any atom is 0.276 e. The maximum atomic E-state index is 12.5. The molecule has 0 amide bonds. The second-order valence-corrected chi connectivity index (χ2v) is 5.71. The average molecular weight is 325 g/mol. The smallest absolute Gasteiger partial charge is 0.276 e. The van der Waals surface area contributed by atoms with E-state index >= 15 is 0 Å². The van der Waals surface area contributed by atoms with Gasteiger partial charge in [0.05, 0.1) is 17.0 Å². The number of thiophene rings is 1. The predicted molar refractivity (Wildman–Crippen MR) is 89.3 cm³/mol. The van der Waals surface area contributed by atoms with Gasteiger partial charge in [-0.3, -0.25) is 4.79 Å². The molecule has 0 fully saturated rings. The van der Waals surface area contributed by atoms with Gasteiger partial charge in [0, 0.05) is 6.54 Å². The van der Waals surface area contributed by atoms with Gasteiger partial charge in [-0.05, 0) is 53.1 Å². The zero-order valence-electron chi connectivity index (χ0n) is 12.4. The standard InChI is InChI=1S/C17H14N2O3S/c1-2-19-15-6-4-12(17(21)22)9-14(15)18-13(16(19)20)5-3-11-7-8-23-10-11/h3-10H,2H2,1H3,(H,21,22)/p-1/b5-3+. The third kappa shape index (κ3) is 2.93. The number of carboxylic acid groups (broad SMARTS) is 1. The molecule has 6 heteroatoms. The number of hydrogen-bond acceptors (Lipinski definition) is 5. The lowest BCUT2D eigenvalue weighted by Crippen LogP contribution is -2.25. The number of aryl methyl sites for hydroxylation is 1. The summed E-state index contributed by atoms with van der Waals surface area (Å²) in [7, 11) is 0. The summed E-state index contributed by atoms with van der Waals surface area (Å²) >= 11 is 1.57. The predicted octanol–water partition coefficient (Wildman–Crippen LogP) is 2.01. The van der Waals surface area contributed by atoms with E-state index in [2.05, 4.69) is 4.98 Å². The Balaban J connectivity index is 2.19. The zero-order chi connectivity index (χ0) is 16.4. The zero-order valence-corrected chi connectivity index (χ0v) is 13.2. The first kappa shape index (κ1) is 15.2. The molecule has 0 aliphatic heterocycles. The fraction of sp³-hybridized carbons (Fsp3) is 0.118. The molecular weight excluding hydrogens is 312 g/mol. The monoisotopic (exact) mass is 325 g/mol. The molecule has 2 heterocycles. The first-order valence-electron chi connectivity index (χ1n) is 7.06. The van der Waals surface area contributed by atoms with Crippen LogP contribution in [-0.4, -0.2) is 15.5 Å². The molecule has 0 bridgehead atoms. The Morgan fingerprint density at radius 3 is 2.83 bits per heavy atom. The molecule has 0 aliphatic carbocycles. The first-order valence-corrected chi connectivity index (χ1v) is 8.00. The topological polar surface area (TPSA) is 75.0 Å². The third-order valence-electron chi connectivity index (χ3n) is 3.50. The summed E-state index contributed by atoms with van der Waals surface area (Å²) in [5, 5.41) is 14.9. The molecule has 0 unspecified atom stereocenters. The number of carboxylic acids is 1. The number of hydrogen-bond donors (Lipinski definition) is 0. The van der Waals surface area contributed by atoms with Crippen LogP contribution >= 0.6 is 11.3 Å². The molecule has 0 saturated heterocycles. The average Bonchev–Trinajstić information content (AvgIpc) is 3.06. The molecular formula is C17H13N2O3S-. The van der Waals surface area contributed by atoms with Crippen LogP contribution < -0.4 is 10.7 Å². The normalized spacial score (nSPS) is 11.3. The molecule has 116 valence electrons. The van der Waals surface area contributed by atoms with Crippen molar-refractivity contribution in [3.63, 3.8) is 0 Å². The van der Waals surface area contributed by atoms with Crippen LogP contribution in [0, 0.1) is 0 Å². The van der Waals surface area contributed by atoms with E-state index in [1.807, 2.05) is 29.8 Å². The lowest BCUT2D eigenvalue weighted by molar-refractivity contribution is -0.255. The van der Waals surface area contributed by atoms with Crippen LogP contribution in [-0.2, 0) is 6.54 Å². The molecule has 5 nitrogen and oxygen atoms in total. The lowest BCUT2D eigenvalue weighted by atomic mass is 10.2. The first-order chi connectivity index (χ1) is 11.1. The highest BCUT2D eigenvalue weighted by molar-refractivity contribution is 7.08. The van der Waals surface area contributed by atoms with Crippen molar-refractivity contribution in [3.8, 4) is 0 Å². The summed E-state index contributed by atoms with van der Waals surface area (Å²) in [5.41, 5.74) is 2.17. The minimum Gasteiger partial charge on any atom is -0.545 e. The van der Waals surface area contributed by atoms with Crippen molar-refractivity contribution >= 4 is 40.5 Å². The van der Waals surface area contributed by atoms with Gasteiger partial charge in [0.25, 0.3) is 5.56 Å². The Kier molecular flexibility index (Phi) is 4.08. The van der Waals surface area contributed by atoms with E-state index in [1.54, 1.807) is 28.0 Å². The van der Waals surface area contributed by atoms with Gasteiger partial charge in [0.2, 0.25) is 0 Å². The molecule has 1 aromatic carbocycles. The van der Waals surface area contributed by atoms with Gasteiger partial charge in [-0.25, -0.2) is 4.98 Å².